The Kier molecular flexibility index (Phi) is 5.43. The van der Waals surface area contributed by atoms with Crippen molar-refractivity contribution in [3.8, 4) is 17.3 Å². The van der Waals surface area contributed by atoms with Gasteiger partial charge in [0.05, 0.1) is 70.9 Å². The molecule has 2 atom stereocenters. The number of aliphatic hydroxyl groups is 1. The molecule has 2 saturated heterocycles. The Hall–Kier alpha value is -3.87. The van der Waals surface area contributed by atoms with Gasteiger partial charge in [0, 0.05) is 31.6 Å². The number of rotatable bonds is 4. The molecule has 1 unspecified atom stereocenters. The van der Waals surface area contributed by atoms with Gasteiger partial charge in [0.1, 0.15) is 5.82 Å². The summed E-state index contributed by atoms with van der Waals surface area (Å²) in [5.41, 5.74) is 3.81. The van der Waals surface area contributed by atoms with E-state index in [2.05, 4.69) is 20.2 Å². The van der Waals surface area contributed by atoms with Gasteiger partial charge in [-0.2, -0.15) is 5.26 Å². The zero-order chi connectivity index (χ0) is 24.9. The van der Waals surface area contributed by atoms with E-state index < -0.39 is 11.9 Å². The average molecular weight is 486 g/mol. The lowest BCUT2D eigenvalue weighted by atomic mass is 9.97. The number of carbonyl (C=O) groups excluding carboxylic acids is 1. The Morgan fingerprint density at radius 2 is 2.19 bits per heavy atom. The number of nitriles is 1. The van der Waals surface area contributed by atoms with Gasteiger partial charge in [-0.15, -0.1) is 0 Å². The number of fused-ring (bicyclic) bond motifs is 1. The minimum Gasteiger partial charge on any atom is -0.391 e. The quantitative estimate of drug-likeness (QED) is 0.585. The van der Waals surface area contributed by atoms with Crippen LogP contribution in [0, 0.1) is 17.1 Å². The summed E-state index contributed by atoms with van der Waals surface area (Å²) in [5, 5.41) is 22.2. The molecule has 3 aliphatic rings. The lowest BCUT2D eigenvalue weighted by Gasteiger charge is -2.24. The zero-order valence-electron chi connectivity index (χ0n) is 19.5. The summed E-state index contributed by atoms with van der Waals surface area (Å²) in [6.45, 7) is 2.19. The summed E-state index contributed by atoms with van der Waals surface area (Å²) in [6.07, 6.45) is 3.30. The van der Waals surface area contributed by atoms with Crippen molar-refractivity contribution < 1.29 is 19.0 Å². The molecule has 36 heavy (non-hydrogen) atoms. The lowest BCUT2D eigenvalue weighted by molar-refractivity contribution is 0.0185. The van der Waals surface area contributed by atoms with Gasteiger partial charge in [0.15, 0.2) is 0 Å². The second-order valence-electron chi connectivity index (χ2n) is 9.65. The maximum absolute atomic E-state index is 14.7. The monoisotopic (exact) mass is 485 g/mol. The van der Waals surface area contributed by atoms with E-state index in [9.17, 15) is 19.6 Å². The van der Waals surface area contributed by atoms with Gasteiger partial charge in [-0.1, -0.05) is 6.07 Å². The molecule has 8 nitrogen and oxygen atoms in total. The first-order valence-corrected chi connectivity index (χ1v) is 12.0. The van der Waals surface area contributed by atoms with Crippen LogP contribution in [0.2, 0.25) is 0 Å². The van der Waals surface area contributed by atoms with Crippen LogP contribution in [0.15, 0.2) is 42.6 Å². The molecule has 2 fully saturated rings. The van der Waals surface area contributed by atoms with Crippen molar-refractivity contribution in [2.24, 2.45) is 0 Å². The number of benzene rings is 1. The molecule has 1 amide bonds. The molecule has 0 saturated carbocycles. The van der Waals surface area contributed by atoms with Crippen LogP contribution in [-0.4, -0.2) is 52.4 Å². The Morgan fingerprint density at radius 1 is 1.31 bits per heavy atom. The van der Waals surface area contributed by atoms with Gasteiger partial charge in [0.2, 0.25) is 0 Å². The second kappa shape index (κ2) is 8.66. The van der Waals surface area contributed by atoms with Crippen LogP contribution in [0.25, 0.3) is 11.3 Å². The van der Waals surface area contributed by atoms with E-state index in [4.69, 9.17) is 4.74 Å². The molecule has 1 spiro atoms. The van der Waals surface area contributed by atoms with Gasteiger partial charge in [-0.25, -0.2) is 9.37 Å². The molecule has 0 aliphatic carbocycles. The normalized spacial score (nSPS) is 22.6. The second-order valence-corrected chi connectivity index (χ2v) is 9.65. The molecule has 0 radical (unpaired) electrons. The van der Waals surface area contributed by atoms with Crippen molar-refractivity contribution in [3.63, 3.8) is 0 Å². The first-order chi connectivity index (χ1) is 17.4. The number of halogens is 1. The number of ether oxygens (including phenoxy) is 1. The molecule has 0 bridgehead atoms. The van der Waals surface area contributed by atoms with E-state index in [0.29, 0.717) is 42.0 Å². The van der Waals surface area contributed by atoms with E-state index in [1.165, 1.54) is 12.1 Å². The predicted molar refractivity (Wildman–Crippen MR) is 129 cm³/mol. The van der Waals surface area contributed by atoms with Crippen molar-refractivity contribution >= 4 is 11.6 Å². The fourth-order valence-corrected chi connectivity index (χ4v) is 5.53. The molecule has 2 aromatic heterocycles. The van der Waals surface area contributed by atoms with Crippen molar-refractivity contribution in [2.45, 2.75) is 37.5 Å². The summed E-state index contributed by atoms with van der Waals surface area (Å²) in [6, 6.07) is 12.0. The highest BCUT2D eigenvalue weighted by molar-refractivity contribution is 5.99. The summed E-state index contributed by atoms with van der Waals surface area (Å²) in [4.78, 5) is 23.9. The first kappa shape index (κ1) is 22.6. The number of anilines is 1. The number of carbonyl (C=O) groups is 1. The third kappa shape index (κ3) is 3.88. The summed E-state index contributed by atoms with van der Waals surface area (Å²) < 4.78 is 20.6. The Balaban J connectivity index is 1.29. The van der Waals surface area contributed by atoms with Crippen LogP contribution >= 0.6 is 0 Å². The third-order valence-electron chi connectivity index (χ3n) is 7.26. The third-order valence-corrected chi connectivity index (χ3v) is 7.26. The number of nitrogens with zero attached hydrogens (tertiary/aromatic N) is 4. The number of aromatic nitrogens is 2. The number of nitrogens with one attached hydrogen (secondary N) is 1. The van der Waals surface area contributed by atoms with Gasteiger partial charge >= 0.3 is 0 Å². The number of hydrogen-bond donors (Lipinski definition) is 2. The Labute approximate surface area is 207 Å². The molecular formula is C27H24FN5O3. The van der Waals surface area contributed by atoms with Gasteiger partial charge in [0.25, 0.3) is 5.91 Å². The highest BCUT2D eigenvalue weighted by atomic mass is 19.1. The highest BCUT2D eigenvalue weighted by Crippen LogP contribution is 2.37. The van der Waals surface area contributed by atoms with Gasteiger partial charge in [-0.3, -0.25) is 9.78 Å². The number of aliphatic hydroxyl groups excluding tert-OH is 1. The van der Waals surface area contributed by atoms with Crippen LogP contribution in [0.5, 0.6) is 0 Å². The van der Waals surface area contributed by atoms with E-state index in [0.717, 1.165) is 30.9 Å². The topological polar surface area (TPSA) is 111 Å². The molecule has 5 heterocycles. The van der Waals surface area contributed by atoms with Crippen LogP contribution in [0.3, 0.4) is 0 Å². The largest absolute Gasteiger partial charge is 0.391 e. The average Bonchev–Trinajstić information content (AvgIpc) is 3.58. The lowest BCUT2D eigenvalue weighted by Crippen LogP contribution is -2.33. The molecular weight excluding hydrogens is 461 g/mol. The maximum Gasteiger partial charge on any atom is 0.253 e. The van der Waals surface area contributed by atoms with E-state index in [1.54, 1.807) is 12.1 Å². The van der Waals surface area contributed by atoms with Crippen molar-refractivity contribution in [1.82, 2.24) is 15.3 Å². The maximum atomic E-state index is 14.7. The van der Waals surface area contributed by atoms with Gasteiger partial charge in [-0.05, 0) is 42.3 Å². The number of hydrogen-bond acceptors (Lipinski definition) is 7. The number of pyridine rings is 2. The molecule has 3 aliphatic heterocycles. The first-order valence-electron chi connectivity index (χ1n) is 12.0. The standard InChI is InChI=1S/C27H24FN5O3/c28-21-3-1-2-16(11-29)24(21)22-9-17(25-23(32-22)13-31-26(25)35)8-18-4-5-19(12-30-18)33-7-6-27(15-33)10-20(34)14-36-27/h1-5,9,12,20,34H,6-8,10,13-15H2,(H,31,35)/t20?,27-/m1/s1. The Bertz CT molecular complexity index is 1400. The van der Waals surface area contributed by atoms with E-state index in [-0.39, 0.29) is 29.2 Å². The smallest absolute Gasteiger partial charge is 0.253 e. The fourth-order valence-electron chi connectivity index (χ4n) is 5.53. The van der Waals surface area contributed by atoms with Crippen molar-refractivity contribution in [3.05, 3.63) is 76.5 Å². The zero-order valence-corrected chi connectivity index (χ0v) is 19.5. The molecule has 6 rings (SSSR count). The van der Waals surface area contributed by atoms with Crippen LogP contribution in [-0.2, 0) is 17.7 Å². The van der Waals surface area contributed by atoms with Crippen LogP contribution in [0.1, 0.15) is 45.7 Å². The summed E-state index contributed by atoms with van der Waals surface area (Å²) in [7, 11) is 0. The molecule has 3 aromatic rings. The van der Waals surface area contributed by atoms with Crippen LogP contribution in [0.4, 0.5) is 10.1 Å². The number of amides is 1. The molecule has 2 N–H and O–H groups in total. The van der Waals surface area contributed by atoms with Crippen molar-refractivity contribution in [1.29, 1.82) is 5.26 Å². The summed E-state index contributed by atoms with van der Waals surface area (Å²) >= 11 is 0. The molecule has 1 aromatic carbocycles. The fraction of sp³-hybridized carbons (Fsp3) is 0.333. The SMILES string of the molecule is N#Cc1cccc(F)c1-c1cc(Cc2ccc(N3CC[C@@]4(CC(O)CO4)C3)cn2)c2c(n1)CNC2=O. The van der Waals surface area contributed by atoms with Crippen LogP contribution < -0.4 is 10.2 Å². The minimum absolute atomic E-state index is 0.133. The van der Waals surface area contributed by atoms with E-state index in [1.807, 2.05) is 24.4 Å². The molecule has 9 heteroatoms. The summed E-state index contributed by atoms with van der Waals surface area (Å²) in [5.74, 6) is -0.750. The van der Waals surface area contributed by atoms with Gasteiger partial charge < -0.3 is 20.1 Å². The minimum atomic E-state index is -0.533. The van der Waals surface area contributed by atoms with E-state index >= 15 is 0 Å². The highest BCUT2D eigenvalue weighted by Gasteiger charge is 2.45. The predicted octanol–water partition coefficient (Wildman–Crippen LogP) is 2.72. The van der Waals surface area contributed by atoms with Crippen molar-refractivity contribution in [2.75, 3.05) is 24.6 Å². The Morgan fingerprint density at radius 3 is 2.94 bits per heavy atom. The molecule has 182 valence electrons.